The Morgan fingerprint density at radius 3 is 2.85 bits per heavy atom. The van der Waals surface area contributed by atoms with Crippen molar-refractivity contribution in [3.8, 4) is 0 Å². The Balaban J connectivity index is 2.10. The molecule has 0 amide bonds. The number of rotatable bonds is 1. The summed E-state index contributed by atoms with van der Waals surface area (Å²) in [5, 5.41) is 3.31. The second-order valence-corrected chi connectivity index (χ2v) is 2.96. The predicted molar refractivity (Wildman–Crippen MR) is 48.0 cm³/mol. The maximum absolute atomic E-state index is 5.38. The van der Waals surface area contributed by atoms with E-state index in [4.69, 9.17) is 10.5 Å². The smallest absolute Gasteiger partial charge is 0.219 e. The van der Waals surface area contributed by atoms with Gasteiger partial charge < -0.3 is 15.8 Å². The second kappa shape index (κ2) is 3.68. The Morgan fingerprint density at radius 2 is 2.23 bits per heavy atom. The van der Waals surface area contributed by atoms with Crippen LogP contribution in [0.3, 0.4) is 0 Å². The molecule has 2 rings (SSSR count). The minimum atomic E-state index is 0.203. The average Bonchev–Trinajstić information content (AvgIpc) is 2.20. The summed E-state index contributed by atoms with van der Waals surface area (Å²) >= 11 is 0. The number of nitrogens with two attached hydrogens (primary N) is 1. The Kier molecular flexibility index (Phi) is 2.37. The van der Waals surface area contributed by atoms with E-state index in [0.29, 0.717) is 12.6 Å². The summed E-state index contributed by atoms with van der Waals surface area (Å²) in [6.45, 7) is 2.31. The van der Waals surface area contributed by atoms with Gasteiger partial charge in [0.25, 0.3) is 0 Å². The number of hydrogen-bond acceptors (Lipinski definition) is 5. The molecule has 1 fully saturated rings. The highest BCUT2D eigenvalue weighted by atomic mass is 16.5. The molecule has 1 aliphatic heterocycles. The van der Waals surface area contributed by atoms with Crippen molar-refractivity contribution in [3.05, 3.63) is 18.0 Å². The lowest BCUT2D eigenvalue weighted by Crippen LogP contribution is -2.34. The van der Waals surface area contributed by atoms with Gasteiger partial charge in [0.2, 0.25) is 5.95 Å². The van der Waals surface area contributed by atoms with Crippen LogP contribution in [0.25, 0.3) is 0 Å². The Morgan fingerprint density at radius 1 is 1.46 bits per heavy atom. The van der Waals surface area contributed by atoms with Crippen molar-refractivity contribution in [1.82, 2.24) is 15.3 Å². The molecule has 0 aliphatic carbocycles. The van der Waals surface area contributed by atoms with Gasteiger partial charge in [0.1, 0.15) is 0 Å². The molecule has 0 bridgehead atoms. The van der Waals surface area contributed by atoms with Crippen LogP contribution in [0.15, 0.2) is 12.4 Å². The lowest BCUT2D eigenvalue weighted by Gasteiger charge is -2.23. The van der Waals surface area contributed by atoms with E-state index in [-0.39, 0.29) is 6.04 Å². The van der Waals surface area contributed by atoms with Crippen LogP contribution >= 0.6 is 0 Å². The van der Waals surface area contributed by atoms with Crippen LogP contribution in [0.2, 0.25) is 0 Å². The molecule has 0 spiro atoms. The number of morpholine rings is 1. The fourth-order valence-electron chi connectivity index (χ4n) is 1.31. The molecular weight excluding hydrogens is 168 g/mol. The summed E-state index contributed by atoms with van der Waals surface area (Å²) in [5.74, 6) is 0.306. The zero-order valence-corrected chi connectivity index (χ0v) is 7.23. The first-order valence-corrected chi connectivity index (χ1v) is 4.25. The van der Waals surface area contributed by atoms with Crippen molar-refractivity contribution in [2.75, 3.05) is 25.5 Å². The molecule has 1 unspecified atom stereocenters. The van der Waals surface area contributed by atoms with Gasteiger partial charge in [-0.2, -0.15) is 0 Å². The third-order valence-electron chi connectivity index (χ3n) is 2.02. The molecule has 0 aromatic carbocycles. The number of hydrogen-bond donors (Lipinski definition) is 2. The van der Waals surface area contributed by atoms with Gasteiger partial charge in [-0.1, -0.05) is 0 Å². The van der Waals surface area contributed by atoms with E-state index in [0.717, 1.165) is 18.7 Å². The third-order valence-corrected chi connectivity index (χ3v) is 2.02. The molecule has 1 atom stereocenters. The highest BCUT2D eigenvalue weighted by Gasteiger charge is 2.15. The largest absolute Gasteiger partial charge is 0.378 e. The summed E-state index contributed by atoms with van der Waals surface area (Å²) in [4.78, 5) is 7.85. The van der Waals surface area contributed by atoms with E-state index in [1.807, 2.05) is 0 Å². The number of ether oxygens (including phenoxy) is 1. The molecule has 1 aromatic rings. The van der Waals surface area contributed by atoms with E-state index in [1.165, 1.54) is 0 Å². The zero-order valence-electron chi connectivity index (χ0n) is 7.23. The van der Waals surface area contributed by atoms with Crippen LogP contribution in [-0.2, 0) is 4.74 Å². The van der Waals surface area contributed by atoms with E-state index in [1.54, 1.807) is 12.4 Å². The van der Waals surface area contributed by atoms with E-state index in [2.05, 4.69) is 15.3 Å². The van der Waals surface area contributed by atoms with E-state index < -0.39 is 0 Å². The maximum atomic E-state index is 5.38. The van der Waals surface area contributed by atoms with Gasteiger partial charge >= 0.3 is 0 Å². The first kappa shape index (κ1) is 8.40. The number of nitrogens with one attached hydrogen (secondary N) is 1. The Hall–Kier alpha value is -1.20. The summed E-state index contributed by atoms with van der Waals surface area (Å²) in [6.07, 6.45) is 3.46. The number of anilines is 1. The van der Waals surface area contributed by atoms with Gasteiger partial charge in [-0.3, -0.25) is 0 Å². The van der Waals surface area contributed by atoms with Crippen LogP contribution in [-0.4, -0.2) is 29.7 Å². The van der Waals surface area contributed by atoms with Crippen molar-refractivity contribution >= 4 is 5.95 Å². The van der Waals surface area contributed by atoms with Crippen LogP contribution in [0.1, 0.15) is 11.6 Å². The summed E-state index contributed by atoms with van der Waals surface area (Å²) in [6, 6.07) is 0.203. The summed E-state index contributed by atoms with van der Waals surface area (Å²) in [7, 11) is 0. The average molecular weight is 180 g/mol. The van der Waals surface area contributed by atoms with E-state index in [9.17, 15) is 0 Å². The van der Waals surface area contributed by atoms with Gasteiger partial charge in [-0.25, -0.2) is 9.97 Å². The van der Waals surface area contributed by atoms with Crippen LogP contribution in [0, 0.1) is 0 Å². The normalized spacial score (nSPS) is 22.9. The van der Waals surface area contributed by atoms with Crippen LogP contribution in [0.5, 0.6) is 0 Å². The number of aromatic nitrogens is 2. The molecule has 1 saturated heterocycles. The maximum Gasteiger partial charge on any atom is 0.219 e. The molecule has 3 N–H and O–H groups in total. The zero-order chi connectivity index (χ0) is 9.10. The first-order valence-electron chi connectivity index (χ1n) is 4.25. The van der Waals surface area contributed by atoms with E-state index >= 15 is 0 Å². The molecule has 0 radical (unpaired) electrons. The highest BCUT2D eigenvalue weighted by Crippen LogP contribution is 2.13. The first-order chi connectivity index (χ1) is 6.36. The SMILES string of the molecule is Nc1ncc(C2COCCN2)cn1. The fraction of sp³-hybridized carbons (Fsp3) is 0.500. The minimum Gasteiger partial charge on any atom is -0.378 e. The predicted octanol–water partition coefficient (Wildman–Crippen LogP) is -0.280. The molecular formula is C8H12N4O. The molecule has 5 heteroatoms. The van der Waals surface area contributed by atoms with Gasteiger partial charge in [-0.15, -0.1) is 0 Å². The topological polar surface area (TPSA) is 73.1 Å². The van der Waals surface area contributed by atoms with Crippen molar-refractivity contribution in [2.24, 2.45) is 0 Å². The molecule has 1 aromatic heterocycles. The van der Waals surface area contributed by atoms with Crippen molar-refractivity contribution in [2.45, 2.75) is 6.04 Å². The van der Waals surface area contributed by atoms with Crippen molar-refractivity contribution in [3.63, 3.8) is 0 Å². The molecule has 2 heterocycles. The quantitative estimate of drug-likeness (QED) is 0.621. The van der Waals surface area contributed by atoms with Crippen molar-refractivity contribution in [1.29, 1.82) is 0 Å². The monoisotopic (exact) mass is 180 g/mol. The van der Waals surface area contributed by atoms with Crippen LogP contribution < -0.4 is 11.1 Å². The van der Waals surface area contributed by atoms with Crippen LogP contribution in [0.4, 0.5) is 5.95 Å². The third kappa shape index (κ3) is 1.93. The minimum absolute atomic E-state index is 0.203. The molecule has 0 saturated carbocycles. The fourth-order valence-corrected chi connectivity index (χ4v) is 1.31. The van der Waals surface area contributed by atoms with Gasteiger partial charge in [0.05, 0.1) is 19.3 Å². The standard InChI is InChI=1S/C8H12N4O/c9-8-11-3-6(4-12-8)7-5-13-2-1-10-7/h3-4,7,10H,1-2,5H2,(H2,9,11,12). The Bertz CT molecular complexity index is 268. The van der Waals surface area contributed by atoms with Gasteiger partial charge in [-0.05, 0) is 0 Å². The number of nitrogen functional groups attached to an aromatic ring is 1. The van der Waals surface area contributed by atoms with Crippen molar-refractivity contribution < 1.29 is 4.74 Å². The summed E-state index contributed by atoms with van der Waals surface area (Å²) < 4.78 is 5.32. The second-order valence-electron chi connectivity index (χ2n) is 2.96. The number of nitrogens with zero attached hydrogens (tertiary/aromatic N) is 2. The molecule has 13 heavy (non-hydrogen) atoms. The Labute approximate surface area is 76.3 Å². The molecule has 1 aliphatic rings. The lowest BCUT2D eigenvalue weighted by molar-refractivity contribution is 0.0767. The summed E-state index contributed by atoms with van der Waals surface area (Å²) in [5.41, 5.74) is 6.40. The highest BCUT2D eigenvalue weighted by molar-refractivity contribution is 5.19. The van der Waals surface area contributed by atoms with Gasteiger partial charge in [0, 0.05) is 24.5 Å². The van der Waals surface area contributed by atoms with Gasteiger partial charge in [0.15, 0.2) is 0 Å². The molecule has 5 nitrogen and oxygen atoms in total. The molecule has 70 valence electrons. The lowest BCUT2D eigenvalue weighted by atomic mass is 10.1.